The van der Waals surface area contributed by atoms with Crippen molar-refractivity contribution >= 4 is 11.9 Å². The smallest absolute Gasteiger partial charge is 0.306 e. The van der Waals surface area contributed by atoms with Crippen molar-refractivity contribution in [1.29, 1.82) is 0 Å². The molecule has 0 saturated carbocycles. The van der Waals surface area contributed by atoms with Crippen molar-refractivity contribution < 1.29 is 24.5 Å². The molecule has 3 atom stereocenters. The van der Waals surface area contributed by atoms with E-state index in [-0.39, 0.29) is 24.9 Å². The summed E-state index contributed by atoms with van der Waals surface area (Å²) in [5.74, 6) is -0.457. The number of aliphatic hydroxyl groups excluding tert-OH is 2. The van der Waals surface area contributed by atoms with Gasteiger partial charge < -0.3 is 20.3 Å². The minimum Gasteiger partial charge on any atom is -0.462 e. The predicted molar refractivity (Wildman–Crippen MR) is 315 cm³/mol. The first-order valence-corrected chi connectivity index (χ1v) is 32.6. The molecule has 0 aliphatic carbocycles. The highest BCUT2D eigenvalue weighted by Crippen LogP contribution is 2.19. The monoisotopic (exact) mass is 1010 g/mol. The number of allylic oxidation sites excluding steroid dienone is 4. The Kier molecular flexibility index (Phi) is 58.8. The maximum atomic E-state index is 13.3. The van der Waals surface area contributed by atoms with Crippen molar-refractivity contribution in [3.63, 3.8) is 0 Å². The van der Waals surface area contributed by atoms with E-state index in [1.54, 1.807) is 0 Å². The molecule has 0 fully saturated rings. The van der Waals surface area contributed by atoms with E-state index in [9.17, 15) is 19.8 Å². The fraction of sp³-hybridized carbons (Fsp3) is 0.909. The van der Waals surface area contributed by atoms with Crippen LogP contribution in [0.2, 0.25) is 0 Å². The summed E-state index contributed by atoms with van der Waals surface area (Å²) < 4.78 is 5.99. The number of aliphatic hydroxyl groups is 2. The van der Waals surface area contributed by atoms with Gasteiger partial charge in [0.15, 0.2) is 0 Å². The molecule has 0 radical (unpaired) electrons. The number of hydrogen-bond acceptors (Lipinski definition) is 5. The van der Waals surface area contributed by atoms with Gasteiger partial charge in [-0.1, -0.05) is 295 Å². The third-order valence-corrected chi connectivity index (χ3v) is 15.3. The number of carbonyl (C=O) groups is 2. The molecule has 6 nitrogen and oxygen atoms in total. The van der Waals surface area contributed by atoms with Gasteiger partial charge in [-0.05, 0) is 77.0 Å². The van der Waals surface area contributed by atoms with Gasteiger partial charge in [0, 0.05) is 6.42 Å². The number of esters is 1. The Morgan fingerprint density at radius 3 is 0.986 bits per heavy atom. The summed E-state index contributed by atoms with van der Waals surface area (Å²) in [6.45, 7) is 6.54. The summed E-state index contributed by atoms with van der Waals surface area (Å²) in [4.78, 5) is 26.4. The maximum Gasteiger partial charge on any atom is 0.306 e. The van der Waals surface area contributed by atoms with Gasteiger partial charge in [-0.2, -0.15) is 0 Å². The molecular weight excluding hydrogens is 887 g/mol. The minimum atomic E-state index is -0.788. The number of hydrogen-bond donors (Lipinski definition) is 3. The zero-order valence-electron chi connectivity index (χ0n) is 48.8. The van der Waals surface area contributed by atoms with E-state index in [0.29, 0.717) is 19.3 Å². The summed E-state index contributed by atoms with van der Waals surface area (Å²) in [5.41, 5.74) is 0. The van der Waals surface area contributed by atoms with Crippen LogP contribution in [0.25, 0.3) is 0 Å². The average molecular weight is 1010 g/mol. The van der Waals surface area contributed by atoms with Crippen LogP contribution >= 0.6 is 0 Å². The molecule has 1 amide bonds. The molecule has 0 aliphatic rings. The number of amides is 1. The predicted octanol–water partition coefficient (Wildman–Crippen LogP) is 20.6. The third-order valence-electron chi connectivity index (χ3n) is 15.3. The molecule has 0 aromatic rings. The lowest BCUT2D eigenvalue weighted by Gasteiger charge is -2.24. The molecule has 0 bridgehead atoms. The van der Waals surface area contributed by atoms with Crippen molar-refractivity contribution in [2.45, 2.75) is 379 Å². The van der Waals surface area contributed by atoms with E-state index in [1.165, 1.54) is 263 Å². The van der Waals surface area contributed by atoms with Crippen LogP contribution in [-0.2, 0) is 14.3 Å². The van der Waals surface area contributed by atoms with Crippen LogP contribution < -0.4 is 5.32 Å². The molecule has 426 valence electrons. The zero-order valence-corrected chi connectivity index (χ0v) is 48.8. The molecule has 72 heavy (non-hydrogen) atoms. The highest BCUT2D eigenvalue weighted by molar-refractivity contribution is 5.77. The van der Waals surface area contributed by atoms with Crippen LogP contribution in [-0.4, -0.2) is 46.9 Å². The molecular formula is C66H127NO5. The van der Waals surface area contributed by atoms with E-state index < -0.39 is 18.2 Å². The SMILES string of the molecule is CCCCCCCC/C=C/CCCCCCCCCCCC(=O)OC(CCCCCCCCC/C=C/CCCCCCCC)CC(=O)NC(CO)C(O)CCCCCCCCCCCCCCCCCCC. The van der Waals surface area contributed by atoms with Gasteiger partial charge in [0.25, 0.3) is 0 Å². The van der Waals surface area contributed by atoms with Crippen LogP contribution in [0.1, 0.15) is 361 Å². The Morgan fingerprint density at radius 1 is 0.389 bits per heavy atom. The number of carbonyl (C=O) groups excluding carboxylic acids is 2. The summed E-state index contributed by atoms with van der Waals surface area (Å²) >= 11 is 0. The highest BCUT2D eigenvalue weighted by atomic mass is 16.5. The fourth-order valence-electron chi connectivity index (χ4n) is 10.3. The largest absolute Gasteiger partial charge is 0.462 e. The fourth-order valence-corrected chi connectivity index (χ4v) is 10.3. The van der Waals surface area contributed by atoms with E-state index >= 15 is 0 Å². The van der Waals surface area contributed by atoms with Crippen LogP contribution in [0.3, 0.4) is 0 Å². The third kappa shape index (κ3) is 54.6. The molecule has 0 aromatic carbocycles. The number of rotatable bonds is 60. The standard InChI is InChI=1S/C66H127NO5/c1-4-7-10-13-16-19-22-25-28-31-32-35-38-41-44-47-50-53-56-59-66(71)72-62(57-54-51-48-45-42-39-36-33-29-26-23-20-17-14-11-8-5-2)60-65(70)67-63(61-68)64(69)58-55-52-49-46-43-40-37-34-30-27-24-21-18-15-12-9-6-3/h25-26,28-29,62-64,68-69H,4-24,27,30-61H2,1-3H3,(H,67,70)/b28-25+,29-26+. The topological polar surface area (TPSA) is 95.9 Å². The second kappa shape index (κ2) is 60.2. The van der Waals surface area contributed by atoms with Crippen molar-refractivity contribution in [3.05, 3.63) is 24.3 Å². The maximum absolute atomic E-state index is 13.3. The number of unbranched alkanes of at least 4 members (excludes halogenated alkanes) is 44. The van der Waals surface area contributed by atoms with Crippen molar-refractivity contribution in [2.75, 3.05) is 6.61 Å². The second-order valence-electron chi connectivity index (χ2n) is 22.5. The van der Waals surface area contributed by atoms with E-state index in [1.807, 2.05) is 0 Å². The molecule has 0 spiro atoms. The van der Waals surface area contributed by atoms with Crippen LogP contribution in [0, 0.1) is 0 Å². The molecule has 0 aromatic heterocycles. The lowest BCUT2D eigenvalue weighted by Crippen LogP contribution is -2.46. The van der Waals surface area contributed by atoms with Gasteiger partial charge in [-0.25, -0.2) is 0 Å². The van der Waals surface area contributed by atoms with E-state index in [2.05, 4.69) is 50.4 Å². The van der Waals surface area contributed by atoms with Crippen LogP contribution in [0.15, 0.2) is 24.3 Å². The first-order valence-electron chi connectivity index (χ1n) is 32.6. The number of ether oxygens (including phenoxy) is 1. The van der Waals surface area contributed by atoms with Gasteiger partial charge in [-0.3, -0.25) is 9.59 Å². The number of nitrogens with one attached hydrogen (secondary N) is 1. The van der Waals surface area contributed by atoms with Gasteiger partial charge in [0.1, 0.15) is 6.10 Å². The zero-order chi connectivity index (χ0) is 52.3. The Morgan fingerprint density at radius 2 is 0.667 bits per heavy atom. The Bertz CT molecular complexity index is 1140. The summed E-state index contributed by atoms with van der Waals surface area (Å²) in [6, 6.07) is -0.701. The van der Waals surface area contributed by atoms with Gasteiger partial charge in [-0.15, -0.1) is 0 Å². The molecule has 3 unspecified atom stereocenters. The van der Waals surface area contributed by atoms with Crippen LogP contribution in [0.5, 0.6) is 0 Å². The quantitative estimate of drug-likeness (QED) is 0.0320. The minimum absolute atomic E-state index is 0.0793. The van der Waals surface area contributed by atoms with Gasteiger partial charge in [0.2, 0.25) is 5.91 Å². The molecule has 6 heteroatoms. The Hall–Kier alpha value is -1.66. The lowest BCUT2D eigenvalue weighted by molar-refractivity contribution is -0.151. The molecule has 0 rings (SSSR count). The lowest BCUT2D eigenvalue weighted by atomic mass is 10.0. The Labute approximate surface area is 450 Å². The second-order valence-corrected chi connectivity index (χ2v) is 22.5. The van der Waals surface area contributed by atoms with E-state index in [4.69, 9.17) is 4.74 Å². The summed E-state index contributed by atoms with van der Waals surface area (Å²) in [7, 11) is 0. The van der Waals surface area contributed by atoms with Crippen molar-refractivity contribution in [1.82, 2.24) is 5.32 Å². The van der Waals surface area contributed by atoms with Crippen molar-refractivity contribution in [3.8, 4) is 0 Å². The van der Waals surface area contributed by atoms with Gasteiger partial charge in [0.05, 0.1) is 25.2 Å². The average Bonchev–Trinajstić information content (AvgIpc) is 3.37. The molecule has 0 aliphatic heterocycles. The van der Waals surface area contributed by atoms with Crippen LogP contribution in [0.4, 0.5) is 0 Å². The molecule has 0 saturated heterocycles. The van der Waals surface area contributed by atoms with Crippen molar-refractivity contribution in [2.24, 2.45) is 0 Å². The summed E-state index contributed by atoms with van der Waals surface area (Å²) in [5, 5.41) is 24.0. The normalized spacial score (nSPS) is 13.1. The first kappa shape index (κ1) is 70.3. The molecule has 3 N–H and O–H groups in total. The van der Waals surface area contributed by atoms with Gasteiger partial charge >= 0.3 is 5.97 Å². The first-order chi connectivity index (χ1) is 35.5. The summed E-state index contributed by atoms with van der Waals surface area (Å²) in [6.07, 6.45) is 72.5. The molecule has 0 heterocycles. The Balaban J connectivity index is 4.50. The highest BCUT2D eigenvalue weighted by Gasteiger charge is 2.24. The van der Waals surface area contributed by atoms with E-state index in [0.717, 1.165) is 51.4 Å².